The molecule has 0 saturated heterocycles. The Kier molecular flexibility index (Phi) is 6.76. The Morgan fingerprint density at radius 2 is 1.61 bits per heavy atom. The number of thiocarbonyl (C=S) groups is 1. The number of amides is 2. The molecule has 28 heavy (non-hydrogen) atoms. The summed E-state index contributed by atoms with van der Waals surface area (Å²) >= 11 is 5.25. The van der Waals surface area contributed by atoms with Crippen LogP contribution in [0.3, 0.4) is 0 Å². The highest BCUT2D eigenvalue weighted by molar-refractivity contribution is 7.80. The van der Waals surface area contributed by atoms with Gasteiger partial charge in [-0.25, -0.2) is 0 Å². The lowest BCUT2D eigenvalue weighted by atomic mass is 9.89. The summed E-state index contributed by atoms with van der Waals surface area (Å²) in [7, 11) is 1.75. The zero-order valence-corrected chi connectivity index (χ0v) is 16.8. The summed E-state index contributed by atoms with van der Waals surface area (Å²) in [6.07, 6.45) is 5.27. The molecule has 1 aliphatic rings. The quantitative estimate of drug-likeness (QED) is 0.756. The normalized spacial score (nSPS) is 14.2. The maximum atomic E-state index is 12.6. The zero-order chi connectivity index (χ0) is 19.9. The summed E-state index contributed by atoms with van der Waals surface area (Å²) < 4.78 is 0. The van der Waals surface area contributed by atoms with E-state index in [1.165, 1.54) is 6.42 Å². The third-order valence-electron chi connectivity index (χ3n) is 5.05. The average molecular weight is 396 g/mol. The van der Waals surface area contributed by atoms with Gasteiger partial charge in [0.25, 0.3) is 5.91 Å². The number of para-hydroxylation sites is 1. The Hall–Kier alpha value is -2.73. The summed E-state index contributed by atoms with van der Waals surface area (Å²) in [6.45, 7) is 0. The number of carbonyl (C=O) groups is 2. The predicted molar refractivity (Wildman–Crippen MR) is 117 cm³/mol. The van der Waals surface area contributed by atoms with Crippen molar-refractivity contribution in [1.82, 2.24) is 5.32 Å². The fourth-order valence-electron chi connectivity index (χ4n) is 3.40. The lowest BCUT2D eigenvalue weighted by molar-refractivity contribution is -0.124. The van der Waals surface area contributed by atoms with Crippen LogP contribution in [0, 0.1) is 5.92 Å². The standard InChI is InChI=1S/C22H25N3O2S/c1-25(19-10-6-3-7-11-19)21(27)17-12-14-18(15-13-17)23-22(28)24-20(26)16-8-4-2-5-9-16/h3,6-7,10-16H,2,4-5,8-9H2,1H3,(H2,23,24,26,28). The van der Waals surface area contributed by atoms with Crippen molar-refractivity contribution in [3.63, 3.8) is 0 Å². The second kappa shape index (κ2) is 9.46. The van der Waals surface area contributed by atoms with Gasteiger partial charge in [0, 0.05) is 29.9 Å². The molecule has 3 rings (SSSR count). The van der Waals surface area contributed by atoms with Crippen LogP contribution in [0.15, 0.2) is 54.6 Å². The van der Waals surface area contributed by atoms with Gasteiger partial charge in [-0.1, -0.05) is 37.5 Å². The summed E-state index contributed by atoms with van der Waals surface area (Å²) in [5.74, 6) is -0.0403. The van der Waals surface area contributed by atoms with Crippen molar-refractivity contribution in [2.45, 2.75) is 32.1 Å². The van der Waals surface area contributed by atoms with E-state index in [1.807, 2.05) is 30.3 Å². The number of carbonyl (C=O) groups excluding carboxylic acids is 2. The average Bonchev–Trinajstić information content (AvgIpc) is 2.74. The van der Waals surface area contributed by atoms with Crippen molar-refractivity contribution >= 4 is 40.5 Å². The molecule has 1 saturated carbocycles. The van der Waals surface area contributed by atoms with Gasteiger partial charge in [0.15, 0.2) is 5.11 Å². The van der Waals surface area contributed by atoms with Crippen LogP contribution in [-0.2, 0) is 4.79 Å². The Balaban J connectivity index is 1.55. The molecule has 0 heterocycles. The van der Waals surface area contributed by atoms with E-state index in [1.54, 1.807) is 36.2 Å². The van der Waals surface area contributed by atoms with Gasteiger partial charge in [0.05, 0.1) is 0 Å². The van der Waals surface area contributed by atoms with Crippen LogP contribution in [-0.4, -0.2) is 24.0 Å². The van der Waals surface area contributed by atoms with Crippen LogP contribution in [0.25, 0.3) is 0 Å². The molecular formula is C22H25N3O2S. The first-order valence-electron chi connectivity index (χ1n) is 9.59. The van der Waals surface area contributed by atoms with Gasteiger partial charge in [-0.3, -0.25) is 9.59 Å². The molecule has 2 aromatic carbocycles. The number of hydrogen-bond donors (Lipinski definition) is 2. The number of hydrogen-bond acceptors (Lipinski definition) is 3. The van der Waals surface area contributed by atoms with E-state index < -0.39 is 0 Å². The molecule has 0 spiro atoms. The van der Waals surface area contributed by atoms with Crippen LogP contribution >= 0.6 is 12.2 Å². The molecule has 2 amide bonds. The number of rotatable bonds is 4. The predicted octanol–water partition coefficient (Wildman–Crippen LogP) is 4.36. The highest BCUT2D eigenvalue weighted by Gasteiger charge is 2.21. The number of benzene rings is 2. The van der Waals surface area contributed by atoms with Gasteiger partial charge in [-0.15, -0.1) is 0 Å². The van der Waals surface area contributed by atoms with Crippen molar-refractivity contribution in [1.29, 1.82) is 0 Å². The summed E-state index contributed by atoms with van der Waals surface area (Å²) in [6, 6.07) is 16.5. The van der Waals surface area contributed by atoms with E-state index >= 15 is 0 Å². The molecule has 0 aromatic heterocycles. The largest absolute Gasteiger partial charge is 0.332 e. The Bertz CT molecular complexity index is 831. The van der Waals surface area contributed by atoms with E-state index in [9.17, 15) is 9.59 Å². The fraction of sp³-hybridized carbons (Fsp3) is 0.318. The van der Waals surface area contributed by atoms with Crippen molar-refractivity contribution < 1.29 is 9.59 Å². The molecule has 2 aromatic rings. The van der Waals surface area contributed by atoms with E-state index in [0.717, 1.165) is 37.1 Å². The zero-order valence-electron chi connectivity index (χ0n) is 16.0. The van der Waals surface area contributed by atoms with Crippen molar-refractivity contribution in [2.75, 3.05) is 17.3 Å². The van der Waals surface area contributed by atoms with Gasteiger partial charge in [0.2, 0.25) is 5.91 Å². The summed E-state index contributed by atoms with van der Waals surface area (Å²) in [5, 5.41) is 6.08. The first kappa shape index (κ1) is 20.0. The third-order valence-corrected chi connectivity index (χ3v) is 5.25. The van der Waals surface area contributed by atoms with Crippen LogP contribution in [0.1, 0.15) is 42.5 Å². The van der Waals surface area contributed by atoms with E-state index in [0.29, 0.717) is 5.56 Å². The topological polar surface area (TPSA) is 61.4 Å². The van der Waals surface area contributed by atoms with Gasteiger partial charge < -0.3 is 15.5 Å². The molecule has 0 unspecified atom stereocenters. The summed E-state index contributed by atoms with van der Waals surface area (Å²) in [4.78, 5) is 26.5. The van der Waals surface area contributed by atoms with Crippen molar-refractivity contribution in [3.8, 4) is 0 Å². The van der Waals surface area contributed by atoms with E-state index in [4.69, 9.17) is 12.2 Å². The molecule has 6 heteroatoms. The monoisotopic (exact) mass is 395 g/mol. The lowest BCUT2D eigenvalue weighted by Gasteiger charge is -2.21. The maximum Gasteiger partial charge on any atom is 0.258 e. The smallest absolute Gasteiger partial charge is 0.258 e. The molecule has 146 valence electrons. The number of nitrogens with zero attached hydrogens (tertiary/aromatic N) is 1. The van der Waals surface area contributed by atoms with Crippen molar-refractivity contribution in [2.24, 2.45) is 5.92 Å². The Morgan fingerprint density at radius 3 is 2.25 bits per heavy atom. The Morgan fingerprint density at radius 1 is 0.964 bits per heavy atom. The Labute approximate surface area is 171 Å². The van der Waals surface area contributed by atoms with Gasteiger partial charge in [-0.2, -0.15) is 0 Å². The SMILES string of the molecule is CN(C(=O)c1ccc(NC(=S)NC(=O)C2CCCCC2)cc1)c1ccccc1. The minimum Gasteiger partial charge on any atom is -0.332 e. The van der Waals surface area contributed by atoms with Crippen LogP contribution < -0.4 is 15.5 Å². The molecule has 1 fully saturated rings. The highest BCUT2D eigenvalue weighted by atomic mass is 32.1. The first-order valence-corrected chi connectivity index (χ1v) is 10.0. The molecule has 0 aliphatic heterocycles. The molecule has 2 N–H and O–H groups in total. The fourth-order valence-corrected chi connectivity index (χ4v) is 3.62. The molecule has 0 radical (unpaired) electrons. The molecular weight excluding hydrogens is 370 g/mol. The molecule has 1 aliphatic carbocycles. The second-order valence-electron chi connectivity index (χ2n) is 7.06. The first-order chi connectivity index (χ1) is 13.5. The maximum absolute atomic E-state index is 12.6. The number of anilines is 2. The van der Waals surface area contributed by atoms with Gasteiger partial charge in [-0.05, 0) is 61.5 Å². The lowest BCUT2D eigenvalue weighted by Crippen LogP contribution is -2.39. The highest BCUT2D eigenvalue weighted by Crippen LogP contribution is 2.23. The third kappa shape index (κ3) is 5.16. The minimum absolute atomic E-state index is 0.00603. The van der Waals surface area contributed by atoms with Gasteiger partial charge in [0.1, 0.15) is 0 Å². The van der Waals surface area contributed by atoms with Crippen LogP contribution in [0.2, 0.25) is 0 Å². The number of nitrogens with one attached hydrogen (secondary N) is 2. The van der Waals surface area contributed by atoms with Crippen molar-refractivity contribution in [3.05, 3.63) is 60.2 Å². The van der Waals surface area contributed by atoms with E-state index in [2.05, 4.69) is 10.6 Å². The molecule has 5 nitrogen and oxygen atoms in total. The van der Waals surface area contributed by atoms with Crippen LogP contribution in [0.4, 0.5) is 11.4 Å². The second-order valence-corrected chi connectivity index (χ2v) is 7.46. The van der Waals surface area contributed by atoms with Crippen LogP contribution in [0.5, 0.6) is 0 Å². The molecule has 0 bridgehead atoms. The molecule has 0 atom stereocenters. The summed E-state index contributed by atoms with van der Waals surface area (Å²) in [5.41, 5.74) is 2.14. The van der Waals surface area contributed by atoms with Gasteiger partial charge >= 0.3 is 0 Å². The minimum atomic E-state index is -0.0917. The van der Waals surface area contributed by atoms with E-state index in [-0.39, 0.29) is 22.8 Å².